The van der Waals surface area contributed by atoms with Crippen LogP contribution < -0.4 is 4.72 Å². The van der Waals surface area contributed by atoms with Gasteiger partial charge in [-0.25, -0.2) is 22.0 Å². The van der Waals surface area contributed by atoms with Gasteiger partial charge in [-0.3, -0.25) is 4.72 Å². The molecule has 0 aliphatic carbocycles. The van der Waals surface area contributed by atoms with Gasteiger partial charge in [0.2, 0.25) is 0 Å². The van der Waals surface area contributed by atoms with E-state index in [1.54, 1.807) is 0 Å². The van der Waals surface area contributed by atoms with Crippen molar-refractivity contribution in [2.24, 2.45) is 0 Å². The zero-order valence-corrected chi connectivity index (χ0v) is 12.3. The molecule has 2 rings (SSSR count). The van der Waals surface area contributed by atoms with Crippen LogP contribution in [0.1, 0.15) is 10.4 Å². The summed E-state index contributed by atoms with van der Waals surface area (Å²) in [5, 5.41) is 8.56. The van der Waals surface area contributed by atoms with Crippen molar-refractivity contribution in [2.75, 3.05) is 4.72 Å². The van der Waals surface area contributed by atoms with Crippen LogP contribution in [0.2, 0.25) is 5.02 Å². The normalized spacial score (nSPS) is 11.2. The molecule has 0 aliphatic rings. The maximum absolute atomic E-state index is 13.8. The molecule has 0 unspecified atom stereocenters. The third-order valence-corrected chi connectivity index (χ3v) is 4.34. The highest BCUT2D eigenvalue weighted by molar-refractivity contribution is 7.92. The summed E-state index contributed by atoms with van der Waals surface area (Å²) in [5.41, 5.74) is -1.00. The Morgan fingerprint density at radius 2 is 1.86 bits per heavy atom. The molecule has 5 nitrogen and oxygen atoms in total. The van der Waals surface area contributed by atoms with Crippen molar-refractivity contribution in [3.05, 3.63) is 58.6 Å². The molecule has 22 heavy (non-hydrogen) atoms. The highest BCUT2D eigenvalue weighted by Gasteiger charge is 2.23. The van der Waals surface area contributed by atoms with Gasteiger partial charge in [-0.2, -0.15) is 0 Å². The molecule has 2 N–H and O–H groups in total. The van der Waals surface area contributed by atoms with Gasteiger partial charge < -0.3 is 5.11 Å². The Bertz CT molecular complexity index is 855. The lowest BCUT2D eigenvalue weighted by Crippen LogP contribution is -2.17. The number of benzene rings is 2. The number of aromatic carboxylic acids is 1. The van der Waals surface area contributed by atoms with E-state index in [4.69, 9.17) is 16.7 Å². The Kier molecular flexibility index (Phi) is 4.34. The number of sulfonamides is 1. The van der Waals surface area contributed by atoms with E-state index in [0.29, 0.717) is 6.07 Å². The minimum absolute atomic E-state index is 0.395. The second-order valence-electron chi connectivity index (χ2n) is 4.15. The van der Waals surface area contributed by atoms with Crippen LogP contribution in [0, 0.1) is 11.6 Å². The van der Waals surface area contributed by atoms with Crippen LogP contribution in [0.5, 0.6) is 0 Å². The van der Waals surface area contributed by atoms with Gasteiger partial charge in [0, 0.05) is 0 Å². The Morgan fingerprint density at radius 1 is 1.18 bits per heavy atom. The van der Waals surface area contributed by atoms with Crippen molar-refractivity contribution in [3.8, 4) is 0 Å². The van der Waals surface area contributed by atoms with Crippen LogP contribution >= 0.6 is 11.6 Å². The summed E-state index contributed by atoms with van der Waals surface area (Å²) in [4.78, 5) is 10.3. The molecule has 0 spiro atoms. The zero-order valence-electron chi connectivity index (χ0n) is 10.7. The quantitative estimate of drug-likeness (QED) is 0.890. The molecule has 9 heteroatoms. The Morgan fingerprint density at radius 3 is 2.50 bits per heavy atom. The third-order valence-electron chi connectivity index (χ3n) is 2.66. The lowest BCUT2D eigenvalue weighted by atomic mass is 10.2. The predicted octanol–water partition coefficient (Wildman–Crippen LogP) is 3.12. The number of nitrogens with one attached hydrogen (secondary N) is 1. The highest BCUT2D eigenvalue weighted by atomic mass is 35.5. The Hall–Kier alpha value is -2.19. The van der Waals surface area contributed by atoms with Gasteiger partial charge in [0.1, 0.15) is 10.7 Å². The molecule has 0 amide bonds. The zero-order chi connectivity index (χ0) is 16.5. The van der Waals surface area contributed by atoms with E-state index < -0.39 is 48.8 Å². The maximum Gasteiger partial charge on any atom is 0.337 e. The van der Waals surface area contributed by atoms with Crippen LogP contribution in [-0.2, 0) is 10.0 Å². The van der Waals surface area contributed by atoms with Crippen LogP contribution in [0.3, 0.4) is 0 Å². The lowest BCUT2D eigenvalue weighted by Gasteiger charge is -2.11. The van der Waals surface area contributed by atoms with Gasteiger partial charge in [-0.1, -0.05) is 17.7 Å². The fourth-order valence-electron chi connectivity index (χ4n) is 1.67. The van der Waals surface area contributed by atoms with Crippen molar-refractivity contribution in [1.29, 1.82) is 0 Å². The topological polar surface area (TPSA) is 83.5 Å². The summed E-state index contributed by atoms with van der Waals surface area (Å²) >= 11 is 5.51. The van der Waals surface area contributed by atoms with E-state index in [1.807, 2.05) is 4.72 Å². The van der Waals surface area contributed by atoms with E-state index >= 15 is 0 Å². The van der Waals surface area contributed by atoms with Gasteiger partial charge in [0.15, 0.2) is 5.82 Å². The van der Waals surface area contributed by atoms with E-state index in [0.717, 1.165) is 24.3 Å². The molecule has 0 saturated heterocycles. The van der Waals surface area contributed by atoms with Crippen LogP contribution in [0.15, 0.2) is 41.3 Å². The molecule has 2 aromatic carbocycles. The first-order valence-corrected chi connectivity index (χ1v) is 7.58. The van der Waals surface area contributed by atoms with E-state index in [9.17, 15) is 22.0 Å². The van der Waals surface area contributed by atoms with Gasteiger partial charge in [-0.05, 0) is 30.3 Å². The minimum Gasteiger partial charge on any atom is -0.478 e. The van der Waals surface area contributed by atoms with Crippen LogP contribution in [0.4, 0.5) is 14.5 Å². The Labute approximate surface area is 129 Å². The first kappa shape index (κ1) is 16.2. The summed E-state index contributed by atoms with van der Waals surface area (Å²) in [6.07, 6.45) is 0. The van der Waals surface area contributed by atoms with Crippen molar-refractivity contribution in [3.63, 3.8) is 0 Å². The van der Waals surface area contributed by atoms with Gasteiger partial charge in [-0.15, -0.1) is 0 Å². The van der Waals surface area contributed by atoms with Gasteiger partial charge >= 0.3 is 5.97 Å². The molecule has 0 saturated carbocycles. The Balaban J connectivity index is 2.50. The molecule has 0 bridgehead atoms. The van der Waals surface area contributed by atoms with Crippen molar-refractivity contribution in [2.45, 2.75) is 4.90 Å². The first-order valence-electron chi connectivity index (χ1n) is 5.72. The molecule has 0 aliphatic heterocycles. The molecule has 0 radical (unpaired) electrons. The minimum atomic E-state index is -4.43. The summed E-state index contributed by atoms with van der Waals surface area (Å²) in [7, 11) is -4.43. The number of halogens is 3. The van der Waals surface area contributed by atoms with Crippen molar-refractivity contribution in [1.82, 2.24) is 0 Å². The van der Waals surface area contributed by atoms with Crippen molar-refractivity contribution >= 4 is 33.3 Å². The number of carbonyl (C=O) groups is 1. The second kappa shape index (κ2) is 5.90. The summed E-state index contributed by atoms with van der Waals surface area (Å²) in [6.45, 7) is 0. The average molecular weight is 348 g/mol. The average Bonchev–Trinajstić information content (AvgIpc) is 2.43. The smallest absolute Gasteiger partial charge is 0.337 e. The molecule has 0 fully saturated rings. The van der Waals surface area contributed by atoms with Crippen molar-refractivity contribution < 1.29 is 27.1 Å². The van der Waals surface area contributed by atoms with Crippen LogP contribution in [0.25, 0.3) is 0 Å². The molecule has 0 atom stereocenters. The van der Waals surface area contributed by atoms with E-state index in [2.05, 4.69) is 0 Å². The number of hydrogen-bond acceptors (Lipinski definition) is 3. The first-order chi connectivity index (χ1) is 10.2. The van der Waals surface area contributed by atoms with E-state index in [1.165, 1.54) is 6.07 Å². The van der Waals surface area contributed by atoms with Gasteiger partial charge in [0.05, 0.1) is 16.3 Å². The summed E-state index contributed by atoms with van der Waals surface area (Å²) in [6, 6.07) is 5.80. The second-order valence-corrected chi connectivity index (χ2v) is 6.21. The monoisotopic (exact) mass is 347 g/mol. The number of rotatable bonds is 4. The fraction of sp³-hybridized carbons (Fsp3) is 0. The summed E-state index contributed by atoms with van der Waals surface area (Å²) in [5.74, 6) is -3.56. The molecular weight excluding hydrogens is 340 g/mol. The standard InChI is InChI=1S/C13H8ClF2NO4S/c14-9-2-1-3-11(12(9)16)22(20,21)17-10-5-4-7(15)6-8(10)13(18)19/h1-6,17H,(H,18,19). The molecular formula is C13H8ClF2NO4S. The molecule has 2 aromatic rings. The maximum atomic E-state index is 13.8. The number of anilines is 1. The predicted molar refractivity (Wildman–Crippen MR) is 75.6 cm³/mol. The molecule has 116 valence electrons. The molecule has 0 heterocycles. The lowest BCUT2D eigenvalue weighted by molar-refractivity contribution is 0.0697. The fourth-order valence-corrected chi connectivity index (χ4v) is 3.09. The highest BCUT2D eigenvalue weighted by Crippen LogP contribution is 2.25. The number of carboxylic acids is 1. The van der Waals surface area contributed by atoms with Gasteiger partial charge in [0.25, 0.3) is 10.0 Å². The number of hydrogen-bond donors (Lipinski definition) is 2. The van der Waals surface area contributed by atoms with E-state index in [-0.39, 0.29) is 0 Å². The summed E-state index contributed by atoms with van der Waals surface area (Å²) < 4.78 is 53.0. The third kappa shape index (κ3) is 3.18. The largest absolute Gasteiger partial charge is 0.478 e. The SMILES string of the molecule is O=C(O)c1cc(F)ccc1NS(=O)(=O)c1cccc(Cl)c1F. The molecule has 0 aromatic heterocycles. The number of carboxylic acid groups (broad SMARTS) is 1. The van der Waals surface area contributed by atoms with Crippen LogP contribution in [-0.4, -0.2) is 19.5 Å².